The minimum atomic E-state index is -2.64. The molecule has 3 nitrogen and oxygen atoms in total. The van der Waals surface area contributed by atoms with Crippen LogP contribution < -0.4 is 5.32 Å². The van der Waals surface area contributed by atoms with Gasteiger partial charge in [0, 0.05) is 30.1 Å². The maximum absolute atomic E-state index is 12.5. The third-order valence-electron chi connectivity index (χ3n) is 2.38. The molecule has 1 aromatic rings. The van der Waals surface area contributed by atoms with Crippen LogP contribution in [0.1, 0.15) is 23.3 Å². The van der Waals surface area contributed by atoms with Crippen LogP contribution in [0.15, 0.2) is 18.3 Å². The van der Waals surface area contributed by atoms with Crippen molar-refractivity contribution in [3.8, 4) is 0 Å². The summed E-state index contributed by atoms with van der Waals surface area (Å²) in [6.45, 7) is 0. The highest BCUT2D eigenvalue weighted by atomic mass is 35.5. The van der Waals surface area contributed by atoms with Gasteiger partial charge in [-0.05, 0) is 12.1 Å². The summed E-state index contributed by atoms with van der Waals surface area (Å²) in [6.07, 6.45) is 0.783. The number of carbonyl (C=O) groups is 1. The van der Waals surface area contributed by atoms with Gasteiger partial charge >= 0.3 is 0 Å². The number of pyridine rings is 1. The summed E-state index contributed by atoms with van der Waals surface area (Å²) in [5.74, 6) is -3.11. The van der Waals surface area contributed by atoms with Crippen molar-refractivity contribution in [2.24, 2.45) is 0 Å². The van der Waals surface area contributed by atoms with E-state index in [2.05, 4.69) is 10.3 Å². The molecule has 1 heterocycles. The summed E-state index contributed by atoms with van der Waals surface area (Å²) in [6, 6.07) is 2.46. The minimum absolute atomic E-state index is 0.141. The number of hydrogen-bond donors (Lipinski definition) is 1. The fourth-order valence-electron chi connectivity index (χ4n) is 1.55. The van der Waals surface area contributed by atoms with E-state index in [-0.39, 0.29) is 18.5 Å². The third-order valence-corrected chi connectivity index (χ3v) is 2.62. The Bertz CT molecular complexity index is 417. The molecule has 0 aliphatic heterocycles. The number of nitrogens with one attached hydrogen (secondary N) is 1. The Balaban J connectivity index is 1.94. The summed E-state index contributed by atoms with van der Waals surface area (Å²) in [5.41, 5.74) is 0.141. The van der Waals surface area contributed by atoms with E-state index >= 15 is 0 Å². The van der Waals surface area contributed by atoms with Crippen LogP contribution in [0.3, 0.4) is 0 Å². The minimum Gasteiger partial charge on any atom is -0.348 e. The van der Waals surface area contributed by atoms with Crippen molar-refractivity contribution < 1.29 is 13.6 Å². The predicted octanol–water partition coefficient (Wildman–Crippen LogP) is 2.26. The molecule has 1 aliphatic carbocycles. The Morgan fingerprint density at radius 3 is 2.81 bits per heavy atom. The Morgan fingerprint density at radius 1 is 1.56 bits per heavy atom. The van der Waals surface area contributed by atoms with Crippen LogP contribution in [0.25, 0.3) is 0 Å². The van der Waals surface area contributed by atoms with E-state index in [0.29, 0.717) is 5.02 Å². The number of carbonyl (C=O) groups excluding carboxylic acids is 1. The largest absolute Gasteiger partial charge is 0.348 e. The molecule has 0 atom stereocenters. The maximum Gasteiger partial charge on any atom is 0.270 e. The quantitative estimate of drug-likeness (QED) is 0.870. The standard InChI is InChI=1S/C10H9ClF2N2O/c11-6-1-2-14-8(3-6)9(16)15-7-4-10(12,13)5-7/h1-3,7H,4-5H2,(H,15,16). The molecule has 1 fully saturated rings. The molecule has 0 unspecified atom stereocenters. The lowest BCUT2D eigenvalue weighted by Gasteiger charge is -2.35. The van der Waals surface area contributed by atoms with Crippen LogP contribution in [0.5, 0.6) is 0 Å². The molecule has 1 saturated carbocycles. The molecular formula is C10H9ClF2N2O. The monoisotopic (exact) mass is 246 g/mol. The van der Waals surface area contributed by atoms with E-state index in [1.165, 1.54) is 18.3 Å². The lowest BCUT2D eigenvalue weighted by atomic mass is 9.88. The van der Waals surface area contributed by atoms with Gasteiger partial charge in [-0.25, -0.2) is 8.78 Å². The molecule has 1 aliphatic rings. The molecule has 2 rings (SSSR count). The topological polar surface area (TPSA) is 42.0 Å². The van der Waals surface area contributed by atoms with Crippen molar-refractivity contribution in [1.29, 1.82) is 0 Å². The molecule has 0 spiro atoms. The molecule has 16 heavy (non-hydrogen) atoms. The SMILES string of the molecule is O=C(NC1CC(F)(F)C1)c1cc(Cl)ccn1. The van der Waals surface area contributed by atoms with E-state index < -0.39 is 17.9 Å². The average molecular weight is 247 g/mol. The van der Waals surface area contributed by atoms with Crippen molar-refractivity contribution in [1.82, 2.24) is 10.3 Å². The van der Waals surface area contributed by atoms with Crippen LogP contribution >= 0.6 is 11.6 Å². The van der Waals surface area contributed by atoms with Crippen molar-refractivity contribution in [3.63, 3.8) is 0 Å². The summed E-state index contributed by atoms with van der Waals surface area (Å²) in [7, 11) is 0. The van der Waals surface area contributed by atoms with Gasteiger partial charge in [-0.15, -0.1) is 0 Å². The van der Waals surface area contributed by atoms with Gasteiger partial charge in [0.2, 0.25) is 0 Å². The molecule has 1 N–H and O–H groups in total. The van der Waals surface area contributed by atoms with Crippen LogP contribution in [-0.4, -0.2) is 22.9 Å². The number of nitrogens with zero attached hydrogens (tertiary/aromatic N) is 1. The van der Waals surface area contributed by atoms with E-state index in [0.717, 1.165) is 0 Å². The first kappa shape index (κ1) is 11.3. The zero-order valence-corrected chi connectivity index (χ0v) is 8.97. The average Bonchev–Trinajstić information content (AvgIpc) is 2.14. The molecule has 86 valence electrons. The van der Waals surface area contributed by atoms with E-state index in [4.69, 9.17) is 11.6 Å². The third kappa shape index (κ3) is 2.47. The lowest BCUT2D eigenvalue weighted by molar-refractivity contribution is -0.0901. The van der Waals surface area contributed by atoms with Gasteiger partial charge in [0.05, 0.1) is 0 Å². The number of rotatable bonds is 2. The highest BCUT2D eigenvalue weighted by Gasteiger charge is 2.46. The Morgan fingerprint density at radius 2 is 2.25 bits per heavy atom. The van der Waals surface area contributed by atoms with Crippen LogP contribution in [-0.2, 0) is 0 Å². The smallest absolute Gasteiger partial charge is 0.270 e. The second-order valence-corrected chi connectivity index (χ2v) is 4.23. The fourth-order valence-corrected chi connectivity index (χ4v) is 1.71. The van der Waals surface area contributed by atoms with Gasteiger partial charge in [-0.2, -0.15) is 0 Å². The first-order chi connectivity index (χ1) is 7.46. The zero-order valence-electron chi connectivity index (χ0n) is 8.21. The van der Waals surface area contributed by atoms with Crippen molar-refractivity contribution in [2.75, 3.05) is 0 Å². The Kier molecular flexibility index (Phi) is 2.80. The van der Waals surface area contributed by atoms with E-state index in [1.54, 1.807) is 0 Å². The second-order valence-electron chi connectivity index (χ2n) is 3.79. The highest BCUT2D eigenvalue weighted by Crippen LogP contribution is 2.37. The van der Waals surface area contributed by atoms with Gasteiger partial charge in [-0.1, -0.05) is 11.6 Å². The summed E-state index contributed by atoms with van der Waals surface area (Å²) in [5, 5.41) is 2.86. The first-order valence-electron chi connectivity index (χ1n) is 4.76. The van der Waals surface area contributed by atoms with Gasteiger partial charge in [0.25, 0.3) is 11.8 Å². The predicted molar refractivity (Wildman–Crippen MR) is 54.7 cm³/mol. The molecular weight excluding hydrogens is 238 g/mol. The van der Waals surface area contributed by atoms with Gasteiger partial charge in [0.1, 0.15) is 5.69 Å². The fraction of sp³-hybridized carbons (Fsp3) is 0.400. The number of hydrogen-bond acceptors (Lipinski definition) is 2. The molecule has 1 aromatic heterocycles. The van der Waals surface area contributed by atoms with Gasteiger partial charge in [0.15, 0.2) is 0 Å². The molecule has 0 saturated heterocycles. The number of aromatic nitrogens is 1. The molecule has 6 heteroatoms. The van der Waals surface area contributed by atoms with Crippen molar-refractivity contribution >= 4 is 17.5 Å². The zero-order chi connectivity index (χ0) is 11.8. The lowest BCUT2D eigenvalue weighted by Crippen LogP contribution is -2.50. The van der Waals surface area contributed by atoms with Crippen molar-refractivity contribution in [3.05, 3.63) is 29.0 Å². The molecule has 0 radical (unpaired) electrons. The van der Waals surface area contributed by atoms with E-state index in [9.17, 15) is 13.6 Å². The molecule has 0 bridgehead atoms. The first-order valence-corrected chi connectivity index (χ1v) is 5.14. The van der Waals surface area contributed by atoms with Crippen LogP contribution in [0.2, 0.25) is 5.02 Å². The van der Waals surface area contributed by atoms with Crippen LogP contribution in [0, 0.1) is 0 Å². The normalized spacial score (nSPS) is 18.9. The van der Waals surface area contributed by atoms with Crippen LogP contribution in [0.4, 0.5) is 8.78 Å². The highest BCUT2D eigenvalue weighted by molar-refractivity contribution is 6.30. The Hall–Kier alpha value is -1.23. The van der Waals surface area contributed by atoms with E-state index in [1.807, 2.05) is 0 Å². The van der Waals surface area contributed by atoms with Gasteiger partial charge in [-0.3, -0.25) is 9.78 Å². The van der Waals surface area contributed by atoms with Gasteiger partial charge < -0.3 is 5.32 Å². The number of alkyl halides is 2. The summed E-state index contributed by atoms with van der Waals surface area (Å²) >= 11 is 5.68. The Labute approximate surface area is 95.8 Å². The molecule has 0 aromatic carbocycles. The maximum atomic E-state index is 12.5. The number of halogens is 3. The molecule has 1 amide bonds. The summed E-state index contributed by atoms with van der Waals surface area (Å²) < 4.78 is 25.0. The second kappa shape index (κ2) is 3.97. The number of amides is 1. The van der Waals surface area contributed by atoms with Crippen molar-refractivity contribution in [2.45, 2.75) is 24.8 Å². The summed E-state index contributed by atoms with van der Waals surface area (Å²) in [4.78, 5) is 15.3.